The average Bonchev–Trinajstić information content (AvgIpc) is 2.17. The smallest absolute Gasteiger partial charge is 0.409 e. The molecule has 1 aromatic rings. The first-order valence-electron chi connectivity index (χ1n) is 4.42. The molecule has 2 N–H and O–H groups in total. The minimum absolute atomic E-state index is 0.474. The van der Waals surface area contributed by atoms with E-state index in [0.29, 0.717) is 12.4 Å². The quantitative estimate of drug-likeness (QED) is 0.729. The van der Waals surface area contributed by atoms with Gasteiger partial charge in [-0.25, -0.2) is 4.79 Å². The Morgan fingerprint density at radius 3 is 3.07 bits per heavy atom. The van der Waals surface area contributed by atoms with E-state index in [0.717, 1.165) is 18.6 Å². The van der Waals surface area contributed by atoms with Crippen molar-refractivity contribution < 1.29 is 14.3 Å². The fourth-order valence-corrected chi connectivity index (χ4v) is 1.52. The highest BCUT2D eigenvalue weighted by molar-refractivity contribution is 5.68. The van der Waals surface area contributed by atoms with Gasteiger partial charge in [0.2, 0.25) is 0 Å². The third-order valence-corrected chi connectivity index (χ3v) is 2.17. The van der Waals surface area contributed by atoms with Crippen LogP contribution in [0.1, 0.15) is 11.1 Å². The van der Waals surface area contributed by atoms with Crippen LogP contribution in [0.2, 0.25) is 0 Å². The Kier molecular flexibility index (Phi) is 2.37. The molecule has 14 heavy (non-hydrogen) atoms. The van der Waals surface area contributed by atoms with E-state index >= 15 is 0 Å². The second-order valence-electron chi connectivity index (χ2n) is 3.15. The molecule has 74 valence electrons. The molecule has 1 heterocycles. The number of rotatable bonds is 1. The summed E-state index contributed by atoms with van der Waals surface area (Å²) in [5.41, 5.74) is 7.22. The van der Waals surface area contributed by atoms with Crippen molar-refractivity contribution in [3.8, 4) is 5.75 Å². The van der Waals surface area contributed by atoms with Crippen molar-refractivity contribution >= 4 is 6.09 Å². The maximum Gasteiger partial charge on any atom is 0.409 e. The molecule has 1 aliphatic rings. The minimum Gasteiger partial charge on any atom is -0.410 e. The van der Waals surface area contributed by atoms with Gasteiger partial charge in [-0.1, -0.05) is 6.07 Å². The summed E-state index contributed by atoms with van der Waals surface area (Å²) in [6.45, 7) is 1.33. The standard InChI is InChI=1S/C10H11NO3/c11-10(12)14-9-2-1-7-3-4-13-6-8(7)5-9/h1-2,5H,3-4,6H2,(H2,11,12). The summed E-state index contributed by atoms with van der Waals surface area (Å²) in [6, 6.07) is 5.48. The monoisotopic (exact) mass is 193 g/mol. The molecule has 0 saturated heterocycles. The van der Waals surface area contributed by atoms with E-state index in [1.807, 2.05) is 6.07 Å². The van der Waals surface area contributed by atoms with Crippen molar-refractivity contribution in [1.82, 2.24) is 0 Å². The summed E-state index contributed by atoms with van der Waals surface area (Å²) in [4.78, 5) is 10.5. The summed E-state index contributed by atoms with van der Waals surface area (Å²) >= 11 is 0. The summed E-state index contributed by atoms with van der Waals surface area (Å²) in [5.74, 6) is 0.474. The number of hydrogen-bond donors (Lipinski definition) is 1. The number of fused-ring (bicyclic) bond motifs is 1. The van der Waals surface area contributed by atoms with Crippen molar-refractivity contribution in [3.63, 3.8) is 0 Å². The van der Waals surface area contributed by atoms with E-state index in [2.05, 4.69) is 0 Å². The normalized spacial score (nSPS) is 14.6. The van der Waals surface area contributed by atoms with E-state index in [4.69, 9.17) is 15.2 Å². The maximum atomic E-state index is 10.5. The molecule has 0 aromatic heterocycles. The molecule has 0 atom stereocenters. The van der Waals surface area contributed by atoms with Crippen LogP contribution in [0.3, 0.4) is 0 Å². The molecule has 0 aliphatic carbocycles. The Bertz CT molecular complexity index is 362. The number of primary amides is 1. The van der Waals surface area contributed by atoms with Gasteiger partial charge in [0.25, 0.3) is 0 Å². The average molecular weight is 193 g/mol. The molecule has 0 bridgehead atoms. The van der Waals surface area contributed by atoms with E-state index in [9.17, 15) is 4.79 Å². The minimum atomic E-state index is -0.790. The molecule has 1 amide bonds. The number of nitrogens with two attached hydrogens (primary N) is 1. The number of carbonyl (C=O) groups excluding carboxylic acids is 1. The Morgan fingerprint density at radius 1 is 1.43 bits per heavy atom. The van der Waals surface area contributed by atoms with Gasteiger partial charge in [0.05, 0.1) is 13.2 Å². The number of amides is 1. The van der Waals surface area contributed by atoms with Gasteiger partial charge >= 0.3 is 6.09 Å². The van der Waals surface area contributed by atoms with E-state index in [1.54, 1.807) is 12.1 Å². The molecule has 2 rings (SSSR count). The van der Waals surface area contributed by atoms with Crippen molar-refractivity contribution in [3.05, 3.63) is 29.3 Å². The number of ether oxygens (including phenoxy) is 2. The lowest BCUT2D eigenvalue weighted by molar-refractivity contribution is 0.110. The fraction of sp³-hybridized carbons (Fsp3) is 0.300. The highest BCUT2D eigenvalue weighted by Gasteiger charge is 2.10. The van der Waals surface area contributed by atoms with E-state index < -0.39 is 6.09 Å². The predicted octanol–water partition coefficient (Wildman–Crippen LogP) is 1.22. The SMILES string of the molecule is NC(=O)Oc1ccc2c(c1)COCC2. The first-order valence-corrected chi connectivity index (χ1v) is 4.42. The fourth-order valence-electron chi connectivity index (χ4n) is 1.52. The highest BCUT2D eigenvalue weighted by Crippen LogP contribution is 2.22. The molecule has 0 unspecified atom stereocenters. The van der Waals surface area contributed by atoms with Crippen LogP contribution >= 0.6 is 0 Å². The first kappa shape index (κ1) is 9.02. The molecule has 1 aliphatic heterocycles. The molecular formula is C10H11NO3. The van der Waals surface area contributed by atoms with E-state index in [-0.39, 0.29) is 0 Å². The second-order valence-corrected chi connectivity index (χ2v) is 3.15. The Labute approximate surface area is 81.6 Å². The van der Waals surface area contributed by atoms with Gasteiger partial charge in [-0.15, -0.1) is 0 Å². The van der Waals surface area contributed by atoms with Gasteiger partial charge in [-0.3, -0.25) is 0 Å². The van der Waals surface area contributed by atoms with Gasteiger partial charge in [0.1, 0.15) is 5.75 Å². The van der Waals surface area contributed by atoms with Gasteiger partial charge in [0, 0.05) is 0 Å². The van der Waals surface area contributed by atoms with Crippen LogP contribution in [0.4, 0.5) is 4.79 Å². The number of benzene rings is 1. The van der Waals surface area contributed by atoms with E-state index in [1.165, 1.54) is 5.56 Å². The topological polar surface area (TPSA) is 61.6 Å². The lowest BCUT2D eigenvalue weighted by Crippen LogP contribution is -2.17. The number of carbonyl (C=O) groups is 1. The molecule has 1 aromatic carbocycles. The van der Waals surface area contributed by atoms with Gasteiger partial charge < -0.3 is 15.2 Å². The zero-order valence-electron chi connectivity index (χ0n) is 7.66. The third kappa shape index (κ3) is 1.85. The predicted molar refractivity (Wildman–Crippen MR) is 50.0 cm³/mol. The molecule has 0 spiro atoms. The van der Waals surface area contributed by atoms with Crippen LogP contribution < -0.4 is 10.5 Å². The molecule has 0 radical (unpaired) electrons. The molecular weight excluding hydrogens is 182 g/mol. The van der Waals surface area contributed by atoms with Crippen LogP contribution in [0.15, 0.2) is 18.2 Å². The first-order chi connectivity index (χ1) is 6.75. The van der Waals surface area contributed by atoms with Crippen LogP contribution in [0.5, 0.6) is 5.75 Å². The van der Waals surface area contributed by atoms with Gasteiger partial charge in [-0.05, 0) is 29.7 Å². The van der Waals surface area contributed by atoms with Crippen LogP contribution in [0, 0.1) is 0 Å². The third-order valence-electron chi connectivity index (χ3n) is 2.17. The van der Waals surface area contributed by atoms with Crippen molar-refractivity contribution in [2.75, 3.05) is 6.61 Å². The zero-order valence-corrected chi connectivity index (χ0v) is 7.66. The lowest BCUT2D eigenvalue weighted by atomic mass is 10.0. The number of hydrogen-bond acceptors (Lipinski definition) is 3. The summed E-state index contributed by atoms with van der Waals surface area (Å²) < 4.78 is 10.0. The lowest BCUT2D eigenvalue weighted by Gasteiger charge is -2.16. The van der Waals surface area contributed by atoms with Crippen molar-refractivity contribution in [2.45, 2.75) is 13.0 Å². The Hall–Kier alpha value is -1.55. The van der Waals surface area contributed by atoms with Crippen molar-refractivity contribution in [1.29, 1.82) is 0 Å². The molecule has 0 saturated carbocycles. The molecule has 4 heteroatoms. The summed E-state index contributed by atoms with van der Waals surface area (Å²) in [6.07, 6.45) is 0.119. The highest BCUT2D eigenvalue weighted by atomic mass is 16.5. The Morgan fingerprint density at radius 2 is 2.29 bits per heavy atom. The van der Waals surface area contributed by atoms with Crippen LogP contribution in [-0.4, -0.2) is 12.7 Å². The Balaban J connectivity index is 2.24. The zero-order chi connectivity index (χ0) is 9.97. The summed E-state index contributed by atoms with van der Waals surface area (Å²) in [5, 5.41) is 0. The maximum absolute atomic E-state index is 10.5. The van der Waals surface area contributed by atoms with Crippen molar-refractivity contribution in [2.24, 2.45) is 5.73 Å². The second kappa shape index (κ2) is 3.67. The van der Waals surface area contributed by atoms with Gasteiger partial charge in [-0.2, -0.15) is 0 Å². The van der Waals surface area contributed by atoms with Crippen LogP contribution in [0.25, 0.3) is 0 Å². The largest absolute Gasteiger partial charge is 0.410 e. The molecule has 0 fully saturated rings. The summed E-state index contributed by atoms with van der Waals surface area (Å²) in [7, 11) is 0. The van der Waals surface area contributed by atoms with Gasteiger partial charge in [0.15, 0.2) is 0 Å². The molecule has 4 nitrogen and oxygen atoms in total. The van der Waals surface area contributed by atoms with Crippen LogP contribution in [-0.2, 0) is 17.8 Å².